The molecule has 114 valence electrons. The van der Waals surface area contributed by atoms with E-state index in [0.29, 0.717) is 25.8 Å². The van der Waals surface area contributed by atoms with E-state index in [1.807, 2.05) is 0 Å². The third-order valence-electron chi connectivity index (χ3n) is 4.16. The summed E-state index contributed by atoms with van der Waals surface area (Å²) in [4.78, 5) is 25.4. The summed E-state index contributed by atoms with van der Waals surface area (Å²) in [5.74, 6) is -1.95. The van der Waals surface area contributed by atoms with Crippen molar-refractivity contribution in [2.75, 3.05) is 6.54 Å². The maximum absolute atomic E-state index is 13.8. The molecule has 0 aromatic heterocycles. The second-order valence-electron chi connectivity index (χ2n) is 5.22. The monoisotopic (exact) mass is 313 g/mol. The number of hydrogen-bond donors (Lipinski definition) is 1. The normalized spacial score (nSPS) is 21.6. The zero-order chi connectivity index (χ0) is 15.6. The highest BCUT2D eigenvalue weighted by Crippen LogP contribution is 2.34. The Morgan fingerprint density at radius 3 is 2.76 bits per heavy atom. The lowest BCUT2D eigenvalue weighted by Crippen LogP contribution is -2.53. The minimum absolute atomic E-state index is 0.117. The van der Waals surface area contributed by atoms with E-state index in [9.17, 15) is 19.1 Å². The average molecular weight is 314 g/mol. The van der Waals surface area contributed by atoms with Gasteiger partial charge >= 0.3 is 5.97 Å². The largest absolute Gasteiger partial charge is 0.479 e. The summed E-state index contributed by atoms with van der Waals surface area (Å²) in [6, 6.07) is 4.22. The van der Waals surface area contributed by atoms with Gasteiger partial charge in [0.1, 0.15) is 11.4 Å². The van der Waals surface area contributed by atoms with Crippen LogP contribution in [0.1, 0.15) is 31.7 Å². The second kappa shape index (κ2) is 6.02. The van der Waals surface area contributed by atoms with E-state index < -0.39 is 23.2 Å². The molecule has 1 unspecified atom stereocenters. The van der Waals surface area contributed by atoms with Crippen LogP contribution in [0.3, 0.4) is 0 Å². The predicted octanol–water partition coefficient (Wildman–Crippen LogP) is 2.88. The predicted molar refractivity (Wildman–Crippen MR) is 76.7 cm³/mol. The quantitative estimate of drug-likeness (QED) is 0.930. The van der Waals surface area contributed by atoms with Crippen LogP contribution < -0.4 is 0 Å². The Hall–Kier alpha value is -1.62. The number of benzene rings is 1. The summed E-state index contributed by atoms with van der Waals surface area (Å²) in [7, 11) is 0. The van der Waals surface area contributed by atoms with Gasteiger partial charge in [-0.25, -0.2) is 9.18 Å². The zero-order valence-corrected chi connectivity index (χ0v) is 12.5. The van der Waals surface area contributed by atoms with Crippen molar-refractivity contribution in [3.63, 3.8) is 0 Å². The molecule has 0 radical (unpaired) electrons. The van der Waals surface area contributed by atoms with Crippen LogP contribution in [0.4, 0.5) is 4.39 Å². The van der Waals surface area contributed by atoms with Crippen molar-refractivity contribution in [3.8, 4) is 0 Å². The van der Waals surface area contributed by atoms with Crippen molar-refractivity contribution in [1.29, 1.82) is 0 Å². The number of carbonyl (C=O) groups excluding carboxylic acids is 1. The molecule has 1 heterocycles. The molecule has 1 aromatic rings. The second-order valence-corrected chi connectivity index (χ2v) is 5.62. The molecule has 1 atom stereocenters. The maximum Gasteiger partial charge on any atom is 0.329 e. The van der Waals surface area contributed by atoms with Gasteiger partial charge in [0.2, 0.25) is 5.91 Å². The highest BCUT2D eigenvalue weighted by atomic mass is 35.5. The first-order chi connectivity index (χ1) is 9.92. The molecule has 0 spiro atoms. The van der Waals surface area contributed by atoms with E-state index >= 15 is 0 Å². The molecule has 21 heavy (non-hydrogen) atoms. The number of rotatable bonds is 4. The molecule has 1 fully saturated rings. The van der Waals surface area contributed by atoms with E-state index in [2.05, 4.69) is 0 Å². The van der Waals surface area contributed by atoms with Crippen LogP contribution in [-0.2, 0) is 16.0 Å². The molecule has 0 saturated carbocycles. The van der Waals surface area contributed by atoms with Crippen LogP contribution in [0.5, 0.6) is 0 Å². The summed E-state index contributed by atoms with van der Waals surface area (Å²) in [6.07, 6.45) is 1.17. The molecule has 6 heteroatoms. The molecule has 1 aliphatic rings. The van der Waals surface area contributed by atoms with Gasteiger partial charge in [0, 0.05) is 17.1 Å². The number of likely N-dealkylation sites (tertiary alicyclic amines) is 1. The molecular weight excluding hydrogens is 297 g/mol. The van der Waals surface area contributed by atoms with Crippen LogP contribution in [0, 0.1) is 5.82 Å². The van der Waals surface area contributed by atoms with Crippen molar-refractivity contribution in [3.05, 3.63) is 34.6 Å². The average Bonchev–Trinajstić information content (AvgIpc) is 2.88. The number of carboxylic acid groups (broad SMARTS) is 1. The fraction of sp³-hybridized carbons (Fsp3) is 0.467. The van der Waals surface area contributed by atoms with Crippen molar-refractivity contribution in [1.82, 2.24) is 4.90 Å². The Morgan fingerprint density at radius 1 is 1.48 bits per heavy atom. The van der Waals surface area contributed by atoms with E-state index in [1.54, 1.807) is 6.92 Å². The van der Waals surface area contributed by atoms with E-state index in [1.165, 1.54) is 23.1 Å². The van der Waals surface area contributed by atoms with Gasteiger partial charge in [0.15, 0.2) is 0 Å². The molecule has 2 rings (SSSR count). The molecule has 1 saturated heterocycles. The Kier molecular flexibility index (Phi) is 4.52. The Bertz CT molecular complexity index is 558. The van der Waals surface area contributed by atoms with Gasteiger partial charge in [-0.05, 0) is 31.4 Å². The van der Waals surface area contributed by atoms with Crippen molar-refractivity contribution < 1.29 is 19.1 Å². The van der Waals surface area contributed by atoms with Gasteiger partial charge in [-0.1, -0.05) is 24.6 Å². The van der Waals surface area contributed by atoms with E-state index in [0.717, 1.165) is 0 Å². The number of hydrogen-bond acceptors (Lipinski definition) is 2. The van der Waals surface area contributed by atoms with E-state index in [4.69, 9.17) is 11.6 Å². The Balaban J connectivity index is 2.26. The number of halogens is 2. The summed E-state index contributed by atoms with van der Waals surface area (Å²) in [6.45, 7) is 2.13. The lowest BCUT2D eigenvalue weighted by Gasteiger charge is -2.34. The van der Waals surface area contributed by atoms with Crippen molar-refractivity contribution in [2.24, 2.45) is 0 Å². The number of amides is 1. The first kappa shape index (κ1) is 15.8. The molecule has 1 amide bonds. The van der Waals surface area contributed by atoms with Crippen LogP contribution >= 0.6 is 11.6 Å². The fourth-order valence-electron chi connectivity index (χ4n) is 2.93. The number of aliphatic carboxylic acids is 1. The zero-order valence-electron chi connectivity index (χ0n) is 11.7. The highest BCUT2D eigenvalue weighted by Gasteiger charge is 2.48. The van der Waals surface area contributed by atoms with Gasteiger partial charge in [-0.15, -0.1) is 0 Å². The lowest BCUT2D eigenvalue weighted by molar-refractivity contribution is -0.156. The van der Waals surface area contributed by atoms with Crippen LogP contribution in [-0.4, -0.2) is 34.0 Å². The SMILES string of the molecule is CCC1(C(=O)O)CCCN1C(=O)Cc1c(F)cccc1Cl. The number of nitrogens with zero attached hydrogens (tertiary/aromatic N) is 1. The van der Waals surface area contributed by atoms with Crippen molar-refractivity contribution in [2.45, 2.75) is 38.1 Å². The minimum atomic E-state index is -1.17. The number of carboxylic acids is 1. The van der Waals surface area contributed by atoms with Gasteiger partial charge in [-0.2, -0.15) is 0 Å². The van der Waals surface area contributed by atoms with Gasteiger partial charge in [0.05, 0.1) is 6.42 Å². The van der Waals surface area contributed by atoms with Gasteiger partial charge in [0.25, 0.3) is 0 Å². The van der Waals surface area contributed by atoms with Gasteiger partial charge < -0.3 is 10.0 Å². The van der Waals surface area contributed by atoms with Crippen LogP contribution in [0.15, 0.2) is 18.2 Å². The Morgan fingerprint density at radius 2 is 2.19 bits per heavy atom. The van der Waals surface area contributed by atoms with Crippen LogP contribution in [0.25, 0.3) is 0 Å². The van der Waals surface area contributed by atoms with E-state index in [-0.39, 0.29) is 17.0 Å². The molecule has 0 bridgehead atoms. The molecule has 1 aliphatic heterocycles. The summed E-state index contributed by atoms with van der Waals surface area (Å²) < 4.78 is 13.8. The third-order valence-corrected chi connectivity index (χ3v) is 4.52. The van der Waals surface area contributed by atoms with Crippen LogP contribution in [0.2, 0.25) is 5.02 Å². The smallest absolute Gasteiger partial charge is 0.329 e. The lowest BCUT2D eigenvalue weighted by atomic mass is 9.92. The summed E-state index contributed by atoms with van der Waals surface area (Å²) in [5.41, 5.74) is -1.05. The van der Waals surface area contributed by atoms with Crippen molar-refractivity contribution >= 4 is 23.5 Å². The standard InChI is InChI=1S/C15H17ClFNO3/c1-2-15(14(20)21)7-4-8-18(15)13(19)9-10-11(16)5-3-6-12(10)17/h3,5-6H,2,4,7-9H2,1H3,(H,20,21). The molecule has 1 N–H and O–H groups in total. The number of carbonyl (C=O) groups is 2. The first-order valence-corrected chi connectivity index (χ1v) is 7.27. The summed E-state index contributed by atoms with van der Waals surface area (Å²) >= 11 is 5.92. The molecule has 1 aromatic carbocycles. The molecular formula is C15H17ClFNO3. The molecule has 4 nitrogen and oxygen atoms in total. The maximum atomic E-state index is 13.8. The highest BCUT2D eigenvalue weighted by molar-refractivity contribution is 6.31. The first-order valence-electron chi connectivity index (χ1n) is 6.89. The Labute approximate surface area is 127 Å². The topological polar surface area (TPSA) is 57.6 Å². The summed E-state index contributed by atoms with van der Waals surface area (Å²) in [5, 5.41) is 9.64. The van der Waals surface area contributed by atoms with Gasteiger partial charge in [-0.3, -0.25) is 4.79 Å². The fourth-order valence-corrected chi connectivity index (χ4v) is 3.16. The third kappa shape index (κ3) is 2.75. The minimum Gasteiger partial charge on any atom is -0.479 e. The molecule has 0 aliphatic carbocycles.